The fourth-order valence-electron chi connectivity index (χ4n) is 4.00. The van der Waals surface area contributed by atoms with Gasteiger partial charge in [-0.25, -0.2) is 9.37 Å². The lowest BCUT2D eigenvalue weighted by Crippen LogP contribution is -2.30. The van der Waals surface area contributed by atoms with E-state index in [1.54, 1.807) is 12.1 Å². The number of hydrogen-bond acceptors (Lipinski definition) is 5. The average Bonchev–Trinajstić information content (AvgIpc) is 3.16. The Morgan fingerprint density at radius 3 is 2.63 bits per heavy atom. The normalized spacial score (nSPS) is 12.2. The van der Waals surface area contributed by atoms with E-state index in [4.69, 9.17) is 4.98 Å². The van der Waals surface area contributed by atoms with Crippen molar-refractivity contribution in [1.82, 2.24) is 25.1 Å². The number of hydrogen-bond donors (Lipinski definition) is 1. The van der Waals surface area contributed by atoms with Crippen LogP contribution in [0, 0.1) is 12.7 Å². The maximum atomic E-state index is 14.5. The van der Waals surface area contributed by atoms with E-state index in [9.17, 15) is 9.18 Å². The summed E-state index contributed by atoms with van der Waals surface area (Å²) in [5.74, 6) is -0.375. The van der Waals surface area contributed by atoms with Gasteiger partial charge in [0.25, 0.3) is 0 Å². The third-order valence-electron chi connectivity index (χ3n) is 5.85. The maximum Gasteiger partial charge on any atom is 0.233 e. The first-order valence-electron chi connectivity index (χ1n) is 11.3. The van der Waals surface area contributed by atoms with Crippen LogP contribution in [0.5, 0.6) is 0 Å². The summed E-state index contributed by atoms with van der Waals surface area (Å²) in [6.45, 7) is 4.60. The molecule has 5 rings (SSSR count). The third-order valence-corrected chi connectivity index (χ3v) is 6.80. The molecule has 1 atom stereocenters. The summed E-state index contributed by atoms with van der Waals surface area (Å²) in [5.41, 5.74) is 4.87. The molecule has 0 bridgehead atoms. The molecular formula is C27H24FN5OS. The molecule has 0 saturated carbocycles. The van der Waals surface area contributed by atoms with Crippen molar-refractivity contribution < 1.29 is 9.18 Å². The van der Waals surface area contributed by atoms with Gasteiger partial charge in [-0.3, -0.25) is 4.79 Å². The third kappa shape index (κ3) is 4.88. The van der Waals surface area contributed by atoms with Crippen LogP contribution in [-0.4, -0.2) is 30.9 Å². The van der Waals surface area contributed by atoms with Gasteiger partial charge >= 0.3 is 0 Å². The second-order valence-corrected chi connectivity index (χ2v) is 9.74. The summed E-state index contributed by atoms with van der Waals surface area (Å²) in [4.78, 5) is 17.4. The van der Waals surface area contributed by atoms with Crippen LogP contribution in [-0.2, 0) is 17.9 Å². The number of nitrogens with one attached hydrogen (secondary N) is 1. The van der Waals surface area contributed by atoms with E-state index in [0.717, 1.165) is 22.0 Å². The molecule has 2 aromatic heterocycles. The van der Waals surface area contributed by atoms with Crippen LogP contribution < -0.4 is 5.32 Å². The van der Waals surface area contributed by atoms with Gasteiger partial charge in [0, 0.05) is 17.5 Å². The number of rotatable bonds is 7. The topological polar surface area (TPSA) is 72.7 Å². The number of amides is 1. The first kappa shape index (κ1) is 23.0. The van der Waals surface area contributed by atoms with Gasteiger partial charge in [0.05, 0.1) is 17.3 Å². The number of carbonyl (C=O) groups excluding carboxylic acids is 1. The molecule has 0 saturated heterocycles. The minimum Gasteiger partial charge on any atom is -0.351 e. The number of fused-ring (bicyclic) bond motifs is 3. The van der Waals surface area contributed by atoms with Gasteiger partial charge in [0.2, 0.25) is 11.1 Å². The van der Waals surface area contributed by atoms with Gasteiger partial charge in [-0.15, -0.1) is 10.2 Å². The van der Waals surface area contributed by atoms with Crippen LogP contribution in [0.1, 0.15) is 23.6 Å². The van der Waals surface area contributed by atoms with Gasteiger partial charge in [-0.2, -0.15) is 0 Å². The average molecular weight is 486 g/mol. The van der Waals surface area contributed by atoms with E-state index >= 15 is 0 Å². The Labute approximate surface area is 206 Å². The van der Waals surface area contributed by atoms with Gasteiger partial charge in [0.15, 0.2) is 5.65 Å². The molecule has 8 heteroatoms. The summed E-state index contributed by atoms with van der Waals surface area (Å²) in [6, 6.07) is 22.5. The lowest BCUT2D eigenvalue weighted by atomic mass is 10.1. The van der Waals surface area contributed by atoms with Crippen LogP contribution in [0.2, 0.25) is 0 Å². The minimum absolute atomic E-state index is 0.106. The highest BCUT2D eigenvalue weighted by molar-refractivity contribution is 8.00. The smallest absolute Gasteiger partial charge is 0.233 e. The quantitative estimate of drug-likeness (QED) is 0.318. The Hall–Kier alpha value is -3.78. The van der Waals surface area contributed by atoms with Crippen molar-refractivity contribution in [3.63, 3.8) is 0 Å². The molecule has 0 aliphatic carbocycles. The van der Waals surface area contributed by atoms with Gasteiger partial charge in [-0.1, -0.05) is 71.9 Å². The summed E-state index contributed by atoms with van der Waals surface area (Å²) < 4.78 is 16.4. The second-order valence-electron chi connectivity index (χ2n) is 8.43. The molecule has 3 aromatic carbocycles. The second kappa shape index (κ2) is 9.84. The van der Waals surface area contributed by atoms with Crippen LogP contribution in [0.15, 0.2) is 78.0 Å². The van der Waals surface area contributed by atoms with E-state index in [2.05, 4.69) is 15.5 Å². The zero-order valence-electron chi connectivity index (χ0n) is 19.4. The first-order valence-corrected chi connectivity index (χ1v) is 12.2. The van der Waals surface area contributed by atoms with E-state index in [0.29, 0.717) is 35.0 Å². The Bertz CT molecular complexity index is 1520. The molecular weight excluding hydrogens is 461 g/mol. The summed E-state index contributed by atoms with van der Waals surface area (Å²) >= 11 is 1.25. The van der Waals surface area contributed by atoms with E-state index in [1.807, 2.05) is 73.0 Å². The fraction of sp³-hybridized carbons (Fsp3) is 0.185. The van der Waals surface area contributed by atoms with Crippen molar-refractivity contribution in [3.8, 4) is 0 Å². The number of nitrogens with zero attached hydrogens (tertiary/aromatic N) is 4. The van der Waals surface area contributed by atoms with Gasteiger partial charge < -0.3 is 9.88 Å². The molecule has 0 spiro atoms. The first-order chi connectivity index (χ1) is 17.0. The van der Waals surface area contributed by atoms with Crippen molar-refractivity contribution in [2.75, 3.05) is 0 Å². The van der Waals surface area contributed by atoms with Crippen molar-refractivity contribution in [3.05, 3.63) is 95.3 Å². The van der Waals surface area contributed by atoms with Crippen LogP contribution >= 0.6 is 11.8 Å². The maximum absolute atomic E-state index is 14.5. The lowest BCUT2D eigenvalue weighted by Gasteiger charge is -2.11. The van der Waals surface area contributed by atoms with E-state index in [1.165, 1.54) is 17.8 Å². The summed E-state index contributed by atoms with van der Waals surface area (Å²) in [6.07, 6.45) is 0. The molecule has 2 heterocycles. The Morgan fingerprint density at radius 2 is 1.83 bits per heavy atom. The summed E-state index contributed by atoms with van der Waals surface area (Å²) in [5, 5.41) is 12.6. The molecule has 1 N–H and O–H groups in total. The molecule has 0 fully saturated rings. The Morgan fingerprint density at radius 1 is 1.06 bits per heavy atom. The number of carbonyl (C=O) groups is 1. The Kier molecular flexibility index (Phi) is 6.46. The van der Waals surface area contributed by atoms with E-state index in [-0.39, 0.29) is 11.7 Å². The van der Waals surface area contributed by atoms with Crippen LogP contribution in [0.25, 0.3) is 22.1 Å². The minimum atomic E-state index is -0.412. The van der Waals surface area contributed by atoms with Crippen molar-refractivity contribution in [1.29, 1.82) is 0 Å². The van der Waals surface area contributed by atoms with Crippen molar-refractivity contribution in [2.45, 2.75) is 37.3 Å². The molecule has 35 heavy (non-hydrogen) atoms. The molecule has 1 amide bonds. The Balaban J connectivity index is 1.45. The molecule has 176 valence electrons. The van der Waals surface area contributed by atoms with Gasteiger partial charge in [0.1, 0.15) is 11.3 Å². The zero-order valence-corrected chi connectivity index (χ0v) is 20.2. The molecule has 0 aliphatic heterocycles. The van der Waals surface area contributed by atoms with Crippen molar-refractivity contribution >= 4 is 39.7 Å². The number of halogens is 1. The fourth-order valence-corrected chi connectivity index (χ4v) is 4.74. The highest BCUT2D eigenvalue weighted by Crippen LogP contribution is 2.30. The number of aryl methyl sites for hydroxylation is 1. The zero-order chi connectivity index (χ0) is 24.4. The SMILES string of the molecule is Cc1ccc2c(c1)c1nnc(SC(C)C(=O)NCc3ccccc3)nc1n2Cc1ccccc1F. The predicted molar refractivity (Wildman–Crippen MR) is 137 cm³/mol. The number of aromatic nitrogens is 4. The number of thioether (sulfide) groups is 1. The lowest BCUT2D eigenvalue weighted by molar-refractivity contribution is -0.120. The molecule has 0 aliphatic rings. The van der Waals surface area contributed by atoms with Crippen LogP contribution in [0.4, 0.5) is 4.39 Å². The van der Waals surface area contributed by atoms with Crippen molar-refractivity contribution in [2.24, 2.45) is 0 Å². The standard InChI is InChI=1S/C27H24FN5OS/c1-17-12-13-23-21(14-17)24-25(33(23)16-20-10-6-7-11-22(20)28)30-27(32-31-24)35-18(2)26(34)29-15-19-8-4-3-5-9-19/h3-14,18H,15-16H2,1-2H3,(H,29,34). The highest BCUT2D eigenvalue weighted by atomic mass is 32.2. The summed E-state index contributed by atoms with van der Waals surface area (Å²) in [7, 11) is 0. The number of benzene rings is 3. The van der Waals surface area contributed by atoms with Crippen LogP contribution in [0.3, 0.4) is 0 Å². The largest absolute Gasteiger partial charge is 0.351 e. The predicted octanol–water partition coefficient (Wildman–Crippen LogP) is 5.27. The molecule has 0 radical (unpaired) electrons. The monoisotopic (exact) mass is 485 g/mol. The molecule has 1 unspecified atom stereocenters. The molecule has 5 aromatic rings. The van der Waals surface area contributed by atoms with Gasteiger partial charge in [-0.05, 0) is 37.6 Å². The highest BCUT2D eigenvalue weighted by Gasteiger charge is 2.20. The van der Waals surface area contributed by atoms with E-state index < -0.39 is 5.25 Å². The molecule has 6 nitrogen and oxygen atoms in total.